The Balaban J connectivity index is 1.81. The van der Waals surface area contributed by atoms with Gasteiger partial charge in [-0.2, -0.15) is 0 Å². The van der Waals surface area contributed by atoms with E-state index in [4.69, 9.17) is 10.5 Å². The molecule has 2 atom stereocenters. The zero-order valence-corrected chi connectivity index (χ0v) is 23.2. The van der Waals surface area contributed by atoms with Crippen LogP contribution >= 0.6 is 31.9 Å². The number of para-hydroxylation sites is 2. The fraction of sp³-hybridized carbons (Fsp3) is 0.148. The van der Waals surface area contributed by atoms with E-state index < -0.39 is 24.0 Å². The number of halogens is 2. The molecule has 5 N–H and O–H groups in total. The van der Waals surface area contributed by atoms with Crippen LogP contribution in [0.2, 0.25) is 0 Å². The minimum atomic E-state index is -0.962. The highest BCUT2D eigenvalue weighted by Gasteiger charge is 2.27. The number of ketones is 1. The zero-order chi connectivity index (χ0) is 27.1. The molecule has 0 unspecified atom stereocenters. The molecule has 0 spiro atoms. The van der Waals surface area contributed by atoms with Gasteiger partial charge in [0.25, 0.3) is 0 Å². The van der Waals surface area contributed by atoms with Gasteiger partial charge in [0.1, 0.15) is 11.9 Å². The number of phenols is 1. The van der Waals surface area contributed by atoms with Gasteiger partial charge in [-0.05, 0) is 77.5 Å². The fourth-order valence-corrected chi connectivity index (χ4v) is 4.69. The number of carbonyl (C=O) groups excluding carboxylic acids is 3. The van der Waals surface area contributed by atoms with Gasteiger partial charge in [-0.15, -0.1) is 0 Å². The number of nitrogens with one attached hydrogen (secondary N) is 2. The first-order valence-corrected chi connectivity index (χ1v) is 12.7. The lowest BCUT2D eigenvalue weighted by Gasteiger charge is -2.24. The normalized spacial score (nSPS) is 12.5. The molecule has 0 bridgehead atoms. The van der Waals surface area contributed by atoms with Crippen molar-refractivity contribution >= 4 is 66.7 Å². The van der Waals surface area contributed by atoms with E-state index in [-0.39, 0.29) is 11.5 Å². The average molecular weight is 631 g/mol. The molecule has 0 saturated carbocycles. The van der Waals surface area contributed by atoms with Gasteiger partial charge in [0.05, 0.1) is 15.8 Å². The smallest absolute Gasteiger partial charge is 0.412 e. The van der Waals surface area contributed by atoms with E-state index >= 15 is 0 Å². The molecule has 0 aromatic heterocycles. The van der Waals surface area contributed by atoms with E-state index in [1.54, 1.807) is 73.7 Å². The maximum absolute atomic E-state index is 12.8. The van der Waals surface area contributed by atoms with Gasteiger partial charge in [-0.1, -0.05) is 41.1 Å². The van der Waals surface area contributed by atoms with Gasteiger partial charge in [0, 0.05) is 27.2 Å². The number of ether oxygens (including phenoxy) is 1. The number of phenolic OH excluding ortho intramolecular Hbond substituents is 1. The topological polar surface area (TPSA) is 131 Å². The summed E-state index contributed by atoms with van der Waals surface area (Å²) in [5.74, 6) is -1.15. The Morgan fingerprint density at radius 1 is 1.03 bits per heavy atom. The minimum absolute atomic E-state index is 0.0931. The summed E-state index contributed by atoms with van der Waals surface area (Å²) in [7, 11) is 0. The Bertz CT molecular complexity index is 1340. The van der Waals surface area contributed by atoms with Gasteiger partial charge in [-0.3, -0.25) is 14.9 Å². The first-order valence-electron chi connectivity index (χ1n) is 11.2. The molecular formula is C27H25Br2N3O5. The van der Waals surface area contributed by atoms with Crippen molar-refractivity contribution < 1.29 is 24.2 Å². The molecule has 0 aliphatic carbocycles. The van der Waals surface area contributed by atoms with Crippen molar-refractivity contribution in [1.82, 2.24) is 0 Å². The second-order valence-corrected chi connectivity index (χ2v) is 9.97. The molecule has 10 heteroatoms. The summed E-state index contributed by atoms with van der Waals surface area (Å²) in [5.41, 5.74) is 8.04. The van der Waals surface area contributed by atoms with E-state index in [0.717, 1.165) is 0 Å². The quantitative estimate of drug-likeness (QED) is 0.123. The van der Waals surface area contributed by atoms with Crippen molar-refractivity contribution in [2.75, 3.05) is 16.4 Å². The molecule has 2 amide bonds. The monoisotopic (exact) mass is 629 g/mol. The number of nitrogens with two attached hydrogens (primary N) is 1. The molecule has 37 heavy (non-hydrogen) atoms. The third-order valence-corrected chi connectivity index (χ3v) is 6.45. The summed E-state index contributed by atoms with van der Waals surface area (Å²) in [4.78, 5) is 36.8. The predicted octanol–water partition coefficient (Wildman–Crippen LogP) is 6.82. The van der Waals surface area contributed by atoms with Crippen molar-refractivity contribution in [3.63, 3.8) is 0 Å². The summed E-state index contributed by atoms with van der Waals surface area (Å²) in [5, 5.41) is 16.0. The van der Waals surface area contributed by atoms with Crippen molar-refractivity contribution in [2.24, 2.45) is 5.92 Å². The van der Waals surface area contributed by atoms with Crippen LogP contribution in [0.4, 0.5) is 21.9 Å². The molecule has 0 heterocycles. The van der Waals surface area contributed by atoms with E-state index in [1.807, 2.05) is 0 Å². The standard InChI is InChI=1S/C27H25Br2N3O5/c1-15(7-12-24(34)32-23-6-4-3-5-22(23)30)26(20-13-18(28)14-21(29)25(20)35)37-27(36)31-19-10-8-17(9-11-19)16(2)33/h3-15,26,35H,30H2,1-2H3,(H,31,36)(H,32,34)/b12-7+/t15-,26-/m0/s1. The highest BCUT2D eigenvalue weighted by Crippen LogP contribution is 2.40. The Hall–Kier alpha value is -3.63. The van der Waals surface area contributed by atoms with Gasteiger partial charge in [-0.25, -0.2) is 4.79 Å². The van der Waals surface area contributed by atoms with E-state index in [1.165, 1.54) is 13.0 Å². The summed E-state index contributed by atoms with van der Waals surface area (Å²) in [6, 6.07) is 16.5. The molecule has 0 aliphatic heterocycles. The van der Waals surface area contributed by atoms with Gasteiger partial charge < -0.3 is 20.9 Å². The van der Waals surface area contributed by atoms with Crippen LogP contribution in [-0.2, 0) is 9.53 Å². The number of hydrogen-bond acceptors (Lipinski definition) is 6. The van der Waals surface area contributed by atoms with Crippen LogP contribution in [0.1, 0.15) is 35.9 Å². The van der Waals surface area contributed by atoms with Gasteiger partial charge in [0.15, 0.2) is 5.78 Å². The van der Waals surface area contributed by atoms with Crippen molar-refractivity contribution in [1.29, 1.82) is 0 Å². The fourth-order valence-electron chi connectivity index (χ4n) is 3.43. The van der Waals surface area contributed by atoms with Crippen LogP contribution in [0.3, 0.4) is 0 Å². The lowest BCUT2D eigenvalue weighted by atomic mass is 9.96. The van der Waals surface area contributed by atoms with Crippen LogP contribution < -0.4 is 16.4 Å². The number of benzene rings is 3. The van der Waals surface area contributed by atoms with Crippen LogP contribution in [0, 0.1) is 5.92 Å². The van der Waals surface area contributed by atoms with Crippen LogP contribution in [0.25, 0.3) is 0 Å². The zero-order valence-electron chi connectivity index (χ0n) is 20.0. The molecule has 3 aromatic rings. The van der Waals surface area contributed by atoms with Gasteiger partial charge in [0.2, 0.25) is 5.91 Å². The second kappa shape index (κ2) is 12.6. The van der Waals surface area contributed by atoms with Crippen LogP contribution in [-0.4, -0.2) is 22.9 Å². The molecule has 192 valence electrons. The predicted molar refractivity (Wildman–Crippen MR) is 151 cm³/mol. The first-order chi connectivity index (χ1) is 17.5. The maximum Gasteiger partial charge on any atom is 0.412 e. The SMILES string of the molecule is CC(=O)c1ccc(NC(=O)O[C@H](c2cc(Br)cc(Br)c2O)[C@@H](C)/C=C/C(=O)Nc2ccccc2N)cc1. The maximum atomic E-state index is 12.8. The summed E-state index contributed by atoms with van der Waals surface area (Å²) in [6.45, 7) is 3.20. The minimum Gasteiger partial charge on any atom is -0.506 e. The molecule has 3 rings (SSSR count). The summed E-state index contributed by atoms with van der Waals surface area (Å²) in [6.07, 6.45) is 1.15. The highest BCUT2D eigenvalue weighted by atomic mass is 79.9. The third kappa shape index (κ3) is 7.68. The lowest BCUT2D eigenvalue weighted by Crippen LogP contribution is -2.22. The molecule has 0 fully saturated rings. The second-order valence-electron chi connectivity index (χ2n) is 8.20. The molecule has 0 saturated heterocycles. The molecule has 0 radical (unpaired) electrons. The van der Waals surface area contributed by atoms with E-state index in [9.17, 15) is 19.5 Å². The summed E-state index contributed by atoms with van der Waals surface area (Å²) >= 11 is 6.69. The molecular weight excluding hydrogens is 606 g/mol. The third-order valence-electron chi connectivity index (χ3n) is 5.38. The van der Waals surface area contributed by atoms with Crippen molar-refractivity contribution in [3.8, 4) is 5.75 Å². The van der Waals surface area contributed by atoms with Crippen LogP contribution in [0.5, 0.6) is 5.75 Å². The number of nitrogen functional groups attached to an aromatic ring is 1. The Morgan fingerprint density at radius 2 is 1.70 bits per heavy atom. The summed E-state index contributed by atoms with van der Waals surface area (Å²) < 4.78 is 6.77. The molecule has 0 aliphatic rings. The first kappa shape index (κ1) is 27.9. The Labute approximate surface area is 231 Å². The van der Waals surface area contributed by atoms with E-state index in [0.29, 0.717) is 37.1 Å². The van der Waals surface area contributed by atoms with Gasteiger partial charge >= 0.3 is 6.09 Å². The number of hydrogen-bond donors (Lipinski definition) is 4. The highest BCUT2D eigenvalue weighted by molar-refractivity contribution is 9.11. The number of rotatable bonds is 8. The number of amides is 2. The van der Waals surface area contributed by atoms with Crippen LogP contribution in [0.15, 0.2) is 81.8 Å². The Kier molecular flexibility index (Phi) is 9.48. The molecule has 3 aromatic carbocycles. The van der Waals surface area contributed by atoms with Crippen molar-refractivity contribution in [3.05, 3.63) is 92.9 Å². The number of aromatic hydroxyl groups is 1. The Morgan fingerprint density at radius 3 is 2.35 bits per heavy atom. The van der Waals surface area contributed by atoms with E-state index in [2.05, 4.69) is 42.5 Å². The number of anilines is 3. The van der Waals surface area contributed by atoms with Crippen molar-refractivity contribution in [2.45, 2.75) is 20.0 Å². The largest absolute Gasteiger partial charge is 0.506 e. The number of Topliss-reactive ketones (excluding diaryl/α,β-unsaturated/α-hetero) is 1. The average Bonchev–Trinajstić information content (AvgIpc) is 2.85. The molecule has 8 nitrogen and oxygen atoms in total. The number of carbonyl (C=O) groups is 3. The lowest BCUT2D eigenvalue weighted by molar-refractivity contribution is -0.111.